The van der Waals surface area contributed by atoms with Gasteiger partial charge in [-0.05, 0) is 13.0 Å². The number of hydrogen-bond donors (Lipinski definition) is 2. The largest absolute Gasteiger partial charge is 0.394 e. The lowest BCUT2D eigenvalue weighted by molar-refractivity contribution is -0.150. The third-order valence-corrected chi connectivity index (χ3v) is 3.18. The number of amides is 1. The normalized spacial score (nSPS) is 40.7. The van der Waals surface area contributed by atoms with Crippen molar-refractivity contribution in [3.8, 4) is 0 Å². The monoisotopic (exact) mass is 259 g/mol. The van der Waals surface area contributed by atoms with E-state index in [2.05, 4.69) is 0 Å². The zero-order valence-electron chi connectivity index (χ0n) is 9.75. The van der Waals surface area contributed by atoms with E-state index in [1.54, 1.807) is 0 Å². The van der Waals surface area contributed by atoms with Crippen LogP contribution in [0.1, 0.15) is 13.3 Å². The van der Waals surface area contributed by atoms with Crippen LogP contribution in [0.3, 0.4) is 0 Å². The molecule has 2 heterocycles. The molecule has 1 unspecified atom stereocenters. The van der Waals surface area contributed by atoms with E-state index in [0.717, 1.165) is 24.1 Å². The lowest BCUT2D eigenvalue weighted by Gasteiger charge is -2.32. The molecule has 0 aliphatic carbocycles. The number of ketones is 1. The number of ether oxygens (including phenoxy) is 1. The van der Waals surface area contributed by atoms with E-state index >= 15 is 0 Å². The summed E-state index contributed by atoms with van der Waals surface area (Å²) in [5.41, 5.74) is -2.21. The van der Waals surface area contributed by atoms with Crippen molar-refractivity contribution < 1.29 is 28.9 Å². The summed E-state index contributed by atoms with van der Waals surface area (Å²) in [7, 11) is 0. The number of allylic oxidation sites excluding steroid dienone is 1. The van der Waals surface area contributed by atoms with Crippen molar-refractivity contribution in [1.82, 2.24) is 4.90 Å². The number of hydrogen-bond acceptors (Lipinski definition) is 5. The predicted octanol–water partition coefficient (Wildman–Crippen LogP) is -0.892. The van der Waals surface area contributed by atoms with Crippen LogP contribution in [0.15, 0.2) is 12.3 Å². The molecule has 0 aromatic rings. The van der Waals surface area contributed by atoms with Crippen LogP contribution in [0.4, 0.5) is 4.39 Å². The minimum absolute atomic E-state index is 0.355. The Hall–Kier alpha value is -1.31. The van der Waals surface area contributed by atoms with Gasteiger partial charge in [0.05, 0.1) is 13.0 Å². The molecular formula is C11H14FNO5. The summed E-state index contributed by atoms with van der Waals surface area (Å²) in [4.78, 5) is 23.6. The maximum atomic E-state index is 14.4. The van der Waals surface area contributed by atoms with Crippen LogP contribution < -0.4 is 0 Å². The lowest BCUT2D eigenvalue weighted by Crippen LogP contribution is -2.51. The van der Waals surface area contributed by atoms with Gasteiger partial charge in [0.2, 0.25) is 5.91 Å². The Balaban J connectivity index is 2.26. The fourth-order valence-electron chi connectivity index (χ4n) is 2.12. The second-order valence-electron chi connectivity index (χ2n) is 4.57. The molecule has 1 amide bonds. The Labute approximate surface area is 103 Å². The van der Waals surface area contributed by atoms with Crippen molar-refractivity contribution in [2.24, 2.45) is 0 Å². The van der Waals surface area contributed by atoms with Gasteiger partial charge in [0.15, 0.2) is 17.7 Å². The van der Waals surface area contributed by atoms with E-state index < -0.39 is 36.6 Å². The van der Waals surface area contributed by atoms with Crippen molar-refractivity contribution in [3.05, 3.63) is 12.3 Å². The van der Waals surface area contributed by atoms with Crippen LogP contribution in [0.25, 0.3) is 0 Å². The van der Waals surface area contributed by atoms with E-state index in [1.807, 2.05) is 0 Å². The molecule has 100 valence electrons. The van der Waals surface area contributed by atoms with Crippen LogP contribution in [0, 0.1) is 0 Å². The number of carbonyl (C=O) groups is 2. The molecule has 0 aromatic carbocycles. The van der Waals surface area contributed by atoms with Gasteiger partial charge in [-0.1, -0.05) is 0 Å². The van der Waals surface area contributed by atoms with Crippen LogP contribution in [0.2, 0.25) is 0 Å². The Morgan fingerprint density at radius 1 is 1.61 bits per heavy atom. The highest BCUT2D eigenvalue weighted by molar-refractivity contribution is 6.06. The maximum absolute atomic E-state index is 14.4. The topological polar surface area (TPSA) is 87.1 Å². The molecule has 1 saturated heterocycles. The van der Waals surface area contributed by atoms with Crippen LogP contribution >= 0.6 is 0 Å². The van der Waals surface area contributed by atoms with Crippen molar-refractivity contribution in [2.45, 2.75) is 37.4 Å². The highest BCUT2D eigenvalue weighted by atomic mass is 19.1. The first-order valence-corrected chi connectivity index (χ1v) is 5.53. The molecule has 18 heavy (non-hydrogen) atoms. The number of halogens is 1. The van der Waals surface area contributed by atoms with Crippen LogP contribution in [-0.4, -0.2) is 57.5 Å². The van der Waals surface area contributed by atoms with Crippen molar-refractivity contribution in [1.29, 1.82) is 0 Å². The number of aliphatic hydroxyl groups excluding tert-OH is 2. The van der Waals surface area contributed by atoms with Crippen molar-refractivity contribution in [3.63, 3.8) is 0 Å². The number of nitrogens with zero attached hydrogens (tertiary/aromatic N) is 1. The summed E-state index contributed by atoms with van der Waals surface area (Å²) in [5, 5.41) is 18.6. The standard InChI is InChI=1S/C11H14FNO5/c1-11(12)9(17)7(5-14)18-10(11)13-3-2-6(15)4-8(13)16/h2-3,7,9-10,14,17H,4-5H2,1H3/t7-,9-,10?,11-/m1/s1. The highest BCUT2D eigenvalue weighted by Gasteiger charge is 2.56. The van der Waals surface area contributed by atoms with E-state index in [4.69, 9.17) is 9.84 Å². The Morgan fingerprint density at radius 2 is 2.28 bits per heavy atom. The lowest BCUT2D eigenvalue weighted by atomic mass is 9.97. The van der Waals surface area contributed by atoms with Gasteiger partial charge in [0.1, 0.15) is 12.2 Å². The van der Waals surface area contributed by atoms with Gasteiger partial charge in [0.25, 0.3) is 0 Å². The second kappa shape index (κ2) is 4.42. The van der Waals surface area contributed by atoms with Gasteiger partial charge in [-0.3, -0.25) is 14.5 Å². The summed E-state index contributed by atoms with van der Waals surface area (Å²) < 4.78 is 19.5. The van der Waals surface area contributed by atoms with E-state index in [1.165, 1.54) is 0 Å². The number of carbonyl (C=O) groups excluding carboxylic acids is 2. The number of aliphatic hydroxyl groups is 2. The van der Waals surface area contributed by atoms with E-state index in [9.17, 15) is 19.1 Å². The average Bonchev–Trinajstić information content (AvgIpc) is 2.52. The molecule has 2 aliphatic heterocycles. The predicted molar refractivity (Wildman–Crippen MR) is 56.9 cm³/mol. The Kier molecular flexibility index (Phi) is 3.22. The quantitative estimate of drug-likeness (QED) is 0.628. The average molecular weight is 259 g/mol. The third kappa shape index (κ3) is 1.94. The van der Waals surface area contributed by atoms with Gasteiger partial charge in [-0.2, -0.15) is 0 Å². The fourth-order valence-corrected chi connectivity index (χ4v) is 2.12. The molecule has 1 fully saturated rings. The molecule has 0 bridgehead atoms. The first-order chi connectivity index (χ1) is 8.37. The third-order valence-electron chi connectivity index (χ3n) is 3.18. The summed E-state index contributed by atoms with van der Waals surface area (Å²) in [6.07, 6.45) is -2.04. The molecule has 2 rings (SSSR count). The van der Waals surface area contributed by atoms with E-state index in [-0.39, 0.29) is 12.2 Å². The summed E-state index contributed by atoms with van der Waals surface area (Å²) in [6, 6.07) is 0. The molecule has 0 radical (unpaired) electrons. The van der Waals surface area contributed by atoms with Gasteiger partial charge >= 0.3 is 0 Å². The number of rotatable bonds is 2. The highest BCUT2D eigenvalue weighted by Crippen LogP contribution is 2.37. The second-order valence-corrected chi connectivity index (χ2v) is 4.57. The van der Waals surface area contributed by atoms with Crippen molar-refractivity contribution >= 4 is 11.7 Å². The molecule has 6 nitrogen and oxygen atoms in total. The minimum Gasteiger partial charge on any atom is -0.394 e. The summed E-state index contributed by atoms with van der Waals surface area (Å²) in [6.45, 7) is 0.539. The van der Waals surface area contributed by atoms with Gasteiger partial charge in [-0.25, -0.2) is 4.39 Å². The molecule has 4 atom stereocenters. The maximum Gasteiger partial charge on any atom is 0.236 e. The summed E-state index contributed by atoms with van der Waals surface area (Å²) >= 11 is 0. The molecular weight excluding hydrogens is 245 g/mol. The number of alkyl halides is 1. The van der Waals surface area contributed by atoms with Crippen LogP contribution in [-0.2, 0) is 14.3 Å². The smallest absolute Gasteiger partial charge is 0.236 e. The molecule has 0 spiro atoms. The molecule has 2 N–H and O–H groups in total. The first-order valence-electron chi connectivity index (χ1n) is 5.53. The Bertz CT molecular complexity index is 408. The minimum atomic E-state index is -2.21. The first kappa shape index (κ1) is 13.1. The van der Waals surface area contributed by atoms with E-state index in [0.29, 0.717) is 0 Å². The molecule has 0 saturated carbocycles. The van der Waals surface area contributed by atoms with Gasteiger partial charge in [0, 0.05) is 6.20 Å². The zero-order valence-corrected chi connectivity index (χ0v) is 9.75. The van der Waals surface area contributed by atoms with Gasteiger partial charge in [-0.15, -0.1) is 0 Å². The Morgan fingerprint density at radius 3 is 2.78 bits per heavy atom. The molecule has 2 aliphatic rings. The molecule has 0 aromatic heterocycles. The zero-order chi connectivity index (χ0) is 13.5. The summed E-state index contributed by atoms with van der Waals surface area (Å²) in [5.74, 6) is -0.962. The fraction of sp³-hybridized carbons (Fsp3) is 0.636. The van der Waals surface area contributed by atoms with Crippen LogP contribution in [0.5, 0.6) is 0 Å². The van der Waals surface area contributed by atoms with Crippen molar-refractivity contribution in [2.75, 3.05) is 6.61 Å². The molecule has 7 heteroatoms. The SMILES string of the molecule is C[C@]1(F)C(N2C=CC(=O)CC2=O)O[C@H](CO)[C@H]1O. The van der Waals surface area contributed by atoms with Gasteiger partial charge < -0.3 is 14.9 Å².